The minimum atomic E-state index is -0.770. The molecule has 0 unspecified atom stereocenters. The van der Waals surface area contributed by atoms with Gasteiger partial charge < -0.3 is 19.7 Å². The SMILES string of the molecule is CCOC(=O)Oc1ccc(C(=O)N2CCC(NC(=O)/C=C/C(C)(C)C)CC2)cc1. The van der Waals surface area contributed by atoms with E-state index in [9.17, 15) is 14.4 Å². The number of nitrogens with zero attached hydrogens (tertiary/aromatic N) is 1. The average molecular weight is 402 g/mol. The van der Waals surface area contributed by atoms with Crippen molar-refractivity contribution in [3.63, 3.8) is 0 Å². The van der Waals surface area contributed by atoms with Crippen LogP contribution in [0.2, 0.25) is 0 Å². The van der Waals surface area contributed by atoms with Crippen molar-refractivity contribution < 1.29 is 23.9 Å². The zero-order valence-corrected chi connectivity index (χ0v) is 17.6. The predicted octanol–water partition coefficient (Wildman–Crippen LogP) is 3.55. The van der Waals surface area contributed by atoms with Gasteiger partial charge in [0, 0.05) is 24.7 Å². The Morgan fingerprint density at radius 3 is 2.31 bits per heavy atom. The molecule has 0 aliphatic carbocycles. The van der Waals surface area contributed by atoms with Gasteiger partial charge in [-0.25, -0.2) is 4.79 Å². The van der Waals surface area contributed by atoms with Crippen LogP contribution in [-0.2, 0) is 9.53 Å². The van der Waals surface area contributed by atoms with E-state index in [0.717, 1.165) is 0 Å². The van der Waals surface area contributed by atoms with Gasteiger partial charge in [-0.05, 0) is 55.5 Å². The summed E-state index contributed by atoms with van der Waals surface area (Å²) in [5.41, 5.74) is 0.487. The third-order valence-electron chi connectivity index (χ3n) is 4.43. The van der Waals surface area contributed by atoms with Gasteiger partial charge in [0.25, 0.3) is 5.91 Å². The Morgan fingerprint density at radius 2 is 1.76 bits per heavy atom. The fraction of sp³-hybridized carbons (Fsp3) is 0.500. The number of rotatable bonds is 5. The Morgan fingerprint density at radius 1 is 1.14 bits per heavy atom. The minimum absolute atomic E-state index is 0.0377. The average Bonchev–Trinajstić information content (AvgIpc) is 2.67. The molecule has 0 aromatic heterocycles. The van der Waals surface area contributed by atoms with Crippen LogP contribution in [-0.4, -0.2) is 48.6 Å². The van der Waals surface area contributed by atoms with Crippen LogP contribution in [0, 0.1) is 5.41 Å². The molecule has 1 aromatic rings. The first-order valence-corrected chi connectivity index (χ1v) is 9.91. The smallest absolute Gasteiger partial charge is 0.434 e. The fourth-order valence-corrected chi connectivity index (χ4v) is 2.89. The van der Waals surface area contributed by atoms with E-state index in [2.05, 4.69) is 5.32 Å². The lowest BCUT2D eigenvalue weighted by molar-refractivity contribution is -0.117. The second-order valence-corrected chi connectivity index (χ2v) is 8.08. The number of carbonyl (C=O) groups excluding carboxylic acids is 3. The van der Waals surface area contributed by atoms with Gasteiger partial charge in [0.05, 0.1) is 6.61 Å². The number of amides is 2. The first-order chi connectivity index (χ1) is 13.7. The van der Waals surface area contributed by atoms with Gasteiger partial charge in [-0.3, -0.25) is 9.59 Å². The number of nitrogens with one attached hydrogen (secondary N) is 1. The number of hydrogen-bond donors (Lipinski definition) is 1. The van der Waals surface area contributed by atoms with E-state index in [0.29, 0.717) is 37.2 Å². The third kappa shape index (κ3) is 7.60. The summed E-state index contributed by atoms with van der Waals surface area (Å²) < 4.78 is 9.71. The molecule has 1 saturated heterocycles. The molecule has 1 fully saturated rings. The van der Waals surface area contributed by atoms with Crippen molar-refractivity contribution in [2.45, 2.75) is 46.6 Å². The molecule has 0 spiro atoms. The maximum Gasteiger partial charge on any atom is 0.513 e. The molecule has 2 rings (SSSR count). The number of ether oxygens (including phenoxy) is 2. The topological polar surface area (TPSA) is 84.9 Å². The molecule has 2 amide bonds. The summed E-state index contributed by atoms with van der Waals surface area (Å²) in [5, 5.41) is 3.00. The van der Waals surface area contributed by atoms with Gasteiger partial charge in [-0.15, -0.1) is 0 Å². The van der Waals surface area contributed by atoms with E-state index in [1.165, 1.54) is 0 Å². The minimum Gasteiger partial charge on any atom is -0.434 e. The molecule has 0 saturated carbocycles. The summed E-state index contributed by atoms with van der Waals surface area (Å²) in [6.07, 6.45) is 4.12. The van der Waals surface area contributed by atoms with Crippen molar-refractivity contribution in [2.24, 2.45) is 5.41 Å². The van der Waals surface area contributed by atoms with E-state index in [-0.39, 0.29) is 29.9 Å². The van der Waals surface area contributed by atoms with Gasteiger partial charge >= 0.3 is 6.16 Å². The van der Waals surface area contributed by atoms with Crippen LogP contribution < -0.4 is 10.1 Å². The van der Waals surface area contributed by atoms with Crippen molar-refractivity contribution >= 4 is 18.0 Å². The largest absolute Gasteiger partial charge is 0.513 e. The lowest BCUT2D eigenvalue weighted by Crippen LogP contribution is -2.46. The standard InChI is InChI=1S/C22H30N2O5/c1-5-28-21(27)29-18-8-6-16(7-9-18)20(26)24-14-11-17(12-15-24)23-19(25)10-13-22(2,3)4/h6-10,13,17H,5,11-12,14-15H2,1-4H3,(H,23,25)/b13-10+. The van der Waals surface area contributed by atoms with E-state index >= 15 is 0 Å². The zero-order chi connectivity index (χ0) is 21.4. The zero-order valence-electron chi connectivity index (χ0n) is 17.6. The van der Waals surface area contributed by atoms with Crippen molar-refractivity contribution in [1.82, 2.24) is 10.2 Å². The molecule has 0 bridgehead atoms. The van der Waals surface area contributed by atoms with Crippen molar-refractivity contribution in [2.75, 3.05) is 19.7 Å². The van der Waals surface area contributed by atoms with Crippen LogP contribution in [0.5, 0.6) is 5.75 Å². The molecule has 1 aliphatic heterocycles. The summed E-state index contributed by atoms with van der Waals surface area (Å²) in [4.78, 5) is 37.8. The second-order valence-electron chi connectivity index (χ2n) is 8.08. The maximum atomic E-state index is 12.7. The Balaban J connectivity index is 1.83. The molecule has 1 heterocycles. The number of carbonyl (C=O) groups is 3. The molecule has 29 heavy (non-hydrogen) atoms. The lowest BCUT2D eigenvalue weighted by atomic mass is 9.96. The summed E-state index contributed by atoms with van der Waals surface area (Å²) in [5.74, 6) is 0.150. The number of allylic oxidation sites excluding steroid dienone is 1. The molecule has 1 aliphatic rings. The van der Waals surface area contributed by atoms with Crippen LogP contribution in [0.15, 0.2) is 36.4 Å². The molecular weight excluding hydrogens is 372 g/mol. The summed E-state index contributed by atoms with van der Waals surface area (Å²) in [6.45, 7) is 9.20. The highest BCUT2D eigenvalue weighted by Crippen LogP contribution is 2.18. The van der Waals surface area contributed by atoms with Crippen LogP contribution in [0.1, 0.15) is 50.9 Å². The number of likely N-dealkylation sites (tertiary alicyclic amines) is 1. The normalized spacial score (nSPS) is 15.2. The van der Waals surface area contributed by atoms with E-state index in [1.54, 1.807) is 42.2 Å². The Kier molecular flexibility index (Phi) is 7.82. The lowest BCUT2D eigenvalue weighted by Gasteiger charge is -2.32. The molecule has 1 aromatic carbocycles. The summed E-state index contributed by atoms with van der Waals surface area (Å²) in [7, 11) is 0. The summed E-state index contributed by atoms with van der Waals surface area (Å²) in [6, 6.07) is 6.46. The van der Waals surface area contributed by atoms with E-state index < -0.39 is 6.16 Å². The molecule has 0 atom stereocenters. The Bertz CT molecular complexity index is 741. The van der Waals surface area contributed by atoms with Crippen molar-refractivity contribution in [1.29, 1.82) is 0 Å². The monoisotopic (exact) mass is 402 g/mol. The van der Waals surface area contributed by atoms with Gasteiger partial charge in [0.15, 0.2) is 0 Å². The van der Waals surface area contributed by atoms with E-state index in [4.69, 9.17) is 9.47 Å². The predicted molar refractivity (Wildman–Crippen MR) is 110 cm³/mol. The maximum absolute atomic E-state index is 12.7. The van der Waals surface area contributed by atoms with Gasteiger partial charge in [0.1, 0.15) is 5.75 Å². The number of benzene rings is 1. The quantitative estimate of drug-likeness (QED) is 0.463. The molecule has 1 N–H and O–H groups in total. The second kappa shape index (κ2) is 10.1. The fourth-order valence-electron chi connectivity index (χ4n) is 2.89. The van der Waals surface area contributed by atoms with Gasteiger partial charge in [-0.2, -0.15) is 0 Å². The van der Waals surface area contributed by atoms with Crippen LogP contribution >= 0.6 is 0 Å². The first-order valence-electron chi connectivity index (χ1n) is 9.91. The molecule has 7 nitrogen and oxygen atoms in total. The molecule has 0 radical (unpaired) electrons. The third-order valence-corrected chi connectivity index (χ3v) is 4.43. The van der Waals surface area contributed by atoms with Gasteiger partial charge in [-0.1, -0.05) is 26.8 Å². The molecular formula is C22H30N2O5. The van der Waals surface area contributed by atoms with Crippen LogP contribution in [0.25, 0.3) is 0 Å². The Hall–Kier alpha value is -2.83. The first kappa shape index (κ1) is 22.5. The highest BCUT2D eigenvalue weighted by Gasteiger charge is 2.24. The van der Waals surface area contributed by atoms with Crippen molar-refractivity contribution in [3.05, 3.63) is 42.0 Å². The summed E-state index contributed by atoms with van der Waals surface area (Å²) >= 11 is 0. The number of piperidine rings is 1. The van der Waals surface area contributed by atoms with E-state index in [1.807, 2.05) is 26.8 Å². The highest BCUT2D eigenvalue weighted by molar-refractivity contribution is 5.94. The van der Waals surface area contributed by atoms with Gasteiger partial charge in [0.2, 0.25) is 5.91 Å². The molecule has 7 heteroatoms. The van der Waals surface area contributed by atoms with Crippen LogP contribution in [0.3, 0.4) is 0 Å². The van der Waals surface area contributed by atoms with Crippen LogP contribution in [0.4, 0.5) is 4.79 Å². The number of hydrogen-bond acceptors (Lipinski definition) is 5. The highest BCUT2D eigenvalue weighted by atomic mass is 16.7. The molecule has 158 valence electrons. The Labute approximate surface area is 172 Å². The van der Waals surface area contributed by atoms with Crippen molar-refractivity contribution in [3.8, 4) is 5.75 Å².